The monoisotopic (exact) mass is 269 g/mol. The average Bonchev–Trinajstić information content (AvgIpc) is 2.73. The van der Waals surface area contributed by atoms with Crippen molar-refractivity contribution in [2.24, 2.45) is 0 Å². The fraction of sp³-hybridized carbons (Fsp3) is 0.182. The SMILES string of the molecule is Cc1[nH]ncc1CNS(=O)(=O)c1ccccc1F. The first kappa shape index (κ1) is 12.7. The number of benzene rings is 1. The fourth-order valence-corrected chi connectivity index (χ4v) is 2.55. The van der Waals surface area contributed by atoms with Crippen molar-refractivity contribution in [1.29, 1.82) is 0 Å². The topological polar surface area (TPSA) is 74.8 Å². The molecule has 1 aromatic heterocycles. The molecular weight excluding hydrogens is 257 g/mol. The molecule has 0 atom stereocenters. The molecule has 1 heterocycles. The van der Waals surface area contributed by atoms with Crippen LogP contribution in [-0.4, -0.2) is 18.6 Å². The van der Waals surface area contributed by atoms with Gasteiger partial charge in [-0.15, -0.1) is 0 Å². The van der Waals surface area contributed by atoms with Crippen LogP contribution in [0.25, 0.3) is 0 Å². The second-order valence-electron chi connectivity index (χ2n) is 3.78. The Morgan fingerprint density at radius 3 is 2.72 bits per heavy atom. The minimum Gasteiger partial charge on any atom is -0.283 e. The number of sulfonamides is 1. The van der Waals surface area contributed by atoms with E-state index >= 15 is 0 Å². The van der Waals surface area contributed by atoms with E-state index in [9.17, 15) is 12.8 Å². The summed E-state index contributed by atoms with van der Waals surface area (Å²) in [5, 5.41) is 6.48. The van der Waals surface area contributed by atoms with Crippen LogP contribution >= 0.6 is 0 Å². The van der Waals surface area contributed by atoms with Crippen LogP contribution in [0.4, 0.5) is 4.39 Å². The van der Waals surface area contributed by atoms with Crippen molar-refractivity contribution in [3.8, 4) is 0 Å². The van der Waals surface area contributed by atoms with E-state index in [4.69, 9.17) is 0 Å². The molecule has 18 heavy (non-hydrogen) atoms. The molecule has 2 N–H and O–H groups in total. The Kier molecular flexibility index (Phi) is 3.44. The third kappa shape index (κ3) is 2.57. The summed E-state index contributed by atoms with van der Waals surface area (Å²) in [6.45, 7) is 1.85. The van der Waals surface area contributed by atoms with Crippen LogP contribution in [0.3, 0.4) is 0 Å². The molecule has 0 saturated carbocycles. The first-order valence-corrected chi connectivity index (χ1v) is 6.72. The number of aromatic nitrogens is 2. The Balaban J connectivity index is 2.19. The lowest BCUT2D eigenvalue weighted by Crippen LogP contribution is -2.24. The normalized spacial score (nSPS) is 11.7. The molecule has 7 heteroatoms. The zero-order valence-corrected chi connectivity index (χ0v) is 10.5. The molecule has 0 bridgehead atoms. The van der Waals surface area contributed by atoms with Gasteiger partial charge in [0.1, 0.15) is 10.7 Å². The molecule has 0 fully saturated rings. The van der Waals surface area contributed by atoms with Crippen molar-refractivity contribution >= 4 is 10.0 Å². The highest BCUT2D eigenvalue weighted by Gasteiger charge is 2.18. The number of aryl methyl sites for hydroxylation is 1. The summed E-state index contributed by atoms with van der Waals surface area (Å²) in [7, 11) is -3.85. The lowest BCUT2D eigenvalue weighted by Gasteiger charge is -2.06. The van der Waals surface area contributed by atoms with Gasteiger partial charge in [0.05, 0.1) is 6.20 Å². The highest BCUT2D eigenvalue weighted by atomic mass is 32.2. The van der Waals surface area contributed by atoms with Crippen LogP contribution in [0.2, 0.25) is 0 Å². The van der Waals surface area contributed by atoms with E-state index in [1.165, 1.54) is 24.4 Å². The van der Waals surface area contributed by atoms with E-state index in [1.54, 1.807) is 6.92 Å². The third-order valence-corrected chi connectivity index (χ3v) is 3.95. The standard InChI is InChI=1S/C11H12FN3O2S/c1-8-9(6-13-15-8)7-14-18(16,17)11-5-3-2-4-10(11)12/h2-6,14H,7H2,1H3,(H,13,15). The number of halogens is 1. The predicted octanol–water partition coefficient (Wildman–Crippen LogP) is 1.34. The van der Waals surface area contributed by atoms with Crippen LogP contribution in [-0.2, 0) is 16.6 Å². The summed E-state index contributed by atoms with van der Waals surface area (Å²) in [5.74, 6) is -0.770. The molecule has 0 amide bonds. The molecule has 0 unspecified atom stereocenters. The third-order valence-electron chi connectivity index (χ3n) is 2.51. The summed E-state index contributed by atoms with van der Waals surface area (Å²) >= 11 is 0. The quantitative estimate of drug-likeness (QED) is 0.879. The minimum absolute atomic E-state index is 0.0685. The summed E-state index contributed by atoms with van der Waals surface area (Å²) in [6.07, 6.45) is 1.53. The largest absolute Gasteiger partial charge is 0.283 e. The Labute approximate surface area is 104 Å². The van der Waals surface area contributed by atoms with Crippen molar-refractivity contribution in [2.75, 3.05) is 0 Å². The second kappa shape index (κ2) is 4.87. The van der Waals surface area contributed by atoms with Crippen molar-refractivity contribution in [1.82, 2.24) is 14.9 Å². The summed E-state index contributed by atoms with van der Waals surface area (Å²) in [5.41, 5.74) is 1.49. The summed E-state index contributed by atoms with van der Waals surface area (Å²) in [4.78, 5) is -0.355. The van der Waals surface area contributed by atoms with Gasteiger partial charge in [-0.25, -0.2) is 17.5 Å². The molecular formula is C11H12FN3O2S. The highest BCUT2D eigenvalue weighted by molar-refractivity contribution is 7.89. The first-order valence-electron chi connectivity index (χ1n) is 5.24. The molecule has 1 aromatic carbocycles. The number of hydrogen-bond donors (Lipinski definition) is 2. The molecule has 0 aliphatic heterocycles. The van der Waals surface area contributed by atoms with Crippen molar-refractivity contribution in [3.05, 3.63) is 47.5 Å². The van der Waals surface area contributed by atoms with Crippen LogP contribution in [0.1, 0.15) is 11.3 Å². The Morgan fingerprint density at radius 1 is 1.39 bits per heavy atom. The van der Waals surface area contributed by atoms with E-state index in [1.807, 2.05) is 0 Å². The maximum atomic E-state index is 13.4. The lowest BCUT2D eigenvalue weighted by atomic mass is 10.3. The number of rotatable bonds is 4. The van der Waals surface area contributed by atoms with E-state index in [0.717, 1.165) is 17.3 Å². The van der Waals surface area contributed by atoms with Gasteiger partial charge in [0, 0.05) is 17.8 Å². The summed E-state index contributed by atoms with van der Waals surface area (Å²) in [6, 6.07) is 5.24. The van der Waals surface area contributed by atoms with Crippen LogP contribution in [0, 0.1) is 12.7 Å². The van der Waals surface area contributed by atoms with Gasteiger partial charge in [0.25, 0.3) is 0 Å². The number of nitrogens with zero attached hydrogens (tertiary/aromatic N) is 1. The highest BCUT2D eigenvalue weighted by Crippen LogP contribution is 2.14. The zero-order valence-electron chi connectivity index (χ0n) is 9.64. The molecule has 96 valence electrons. The van der Waals surface area contributed by atoms with Crippen LogP contribution in [0.15, 0.2) is 35.4 Å². The van der Waals surface area contributed by atoms with Crippen molar-refractivity contribution < 1.29 is 12.8 Å². The predicted molar refractivity (Wildman–Crippen MR) is 63.8 cm³/mol. The van der Waals surface area contributed by atoms with Gasteiger partial charge in [0.2, 0.25) is 10.0 Å². The van der Waals surface area contributed by atoms with E-state index in [-0.39, 0.29) is 11.4 Å². The van der Waals surface area contributed by atoms with Crippen molar-refractivity contribution in [3.63, 3.8) is 0 Å². The van der Waals surface area contributed by atoms with E-state index < -0.39 is 15.8 Å². The molecule has 0 aliphatic carbocycles. The maximum absolute atomic E-state index is 13.4. The average molecular weight is 269 g/mol. The minimum atomic E-state index is -3.85. The van der Waals surface area contributed by atoms with Gasteiger partial charge in [-0.1, -0.05) is 12.1 Å². The number of nitrogens with one attached hydrogen (secondary N) is 2. The van der Waals surface area contributed by atoms with Crippen LogP contribution < -0.4 is 4.72 Å². The number of hydrogen-bond acceptors (Lipinski definition) is 3. The number of H-pyrrole nitrogens is 1. The van der Waals surface area contributed by atoms with E-state index in [0.29, 0.717) is 0 Å². The van der Waals surface area contributed by atoms with Gasteiger partial charge in [-0.3, -0.25) is 5.10 Å². The van der Waals surface area contributed by atoms with Crippen LogP contribution in [0.5, 0.6) is 0 Å². The zero-order chi connectivity index (χ0) is 13.2. The van der Waals surface area contributed by atoms with E-state index in [2.05, 4.69) is 14.9 Å². The lowest BCUT2D eigenvalue weighted by molar-refractivity contribution is 0.557. The van der Waals surface area contributed by atoms with Gasteiger partial charge < -0.3 is 0 Å². The smallest absolute Gasteiger partial charge is 0.243 e. The molecule has 2 rings (SSSR count). The van der Waals surface area contributed by atoms with Gasteiger partial charge in [0.15, 0.2) is 0 Å². The van der Waals surface area contributed by atoms with Crippen molar-refractivity contribution in [2.45, 2.75) is 18.4 Å². The molecule has 0 saturated heterocycles. The fourth-order valence-electron chi connectivity index (χ4n) is 1.47. The summed E-state index contributed by atoms with van der Waals surface area (Å²) < 4.78 is 39.5. The Hall–Kier alpha value is -1.73. The molecule has 0 radical (unpaired) electrons. The number of aromatic amines is 1. The molecule has 2 aromatic rings. The Bertz CT molecular complexity index is 652. The Morgan fingerprint density at radius 2 is 2.11 bits per heavy atom. The molecule has 5 nitrogen and oxygen atoms in total. The maximum Gasteiger partial charge on any atom is 0.243 e. The molecule has 0 aliphatic rings. The first-order chi connectivity index (χ1) is 8.50. The molecule has 0 spiro atoms. The van der Waals surface area contributed by atoms with Gasteiger partial charge in [-0.2, -0.15) is 5.10 Å². The second-order valence-corrected chi connectivity index (χ2v) is 5.51. The van der Waals surface area contributed by atoms with Gasteiger partial charge in [-0.05, 0) is 19.1 Å². The van der Waals surface area contributed by atoms with Gasteiger partial charge >= 0.3 is 0 Å².